The van der Waals surface area contributed by atoms with E-state index in [1.807, 2.05) is 0 Å². The highest BCUT2D eigenvalue weighted by atomic mass is 35.5. The van der Waals surface area contributed by atoms with Crippen LogP contribution in [0.4, 0.5) is 13.2 Å². The first kappa shape index (κ1) is 13.8. The topological polar surface area (TPSA) is 39.2 Å². The van der Waals surface area contributed by atoms with Crippen LogP contribution in [-0.4, -0.2) is 17.6 Å². The summed E-state index contributed by atoms with van der Waals surface area (Å²) in [4.78, 5) is 14.7. The molecule has 0 saturated heterocycles. The average Bonchev–Trinajstić information content (AvgIpc) is 2.28. The summed E-state index contributed by atoms with van der Waals surface area (Å²) in [7, 11) is 0. The number of hydrogen-bond donors (Lipinski definition) is 0. The van der Waals surface area contributed by atoms with Gasteiger partial charge < -0.3 is 4.74 Å². The standard InChI is InChI=1S/C10H9ClF3NO2/c1-2-17-10(16)6-7(12)5(3-11)4-15-8(6)9(13)14/h4,9H,2-3H2,1H3. The lowest BCUT2D eigenvalue weighted by atomic mass is 10.1. The summed E-state index contributed by atoms with van der Waals surface area (Å²) >= 11 is 5.40. The van der Waals surface area contributed by atoms with Gasteiger partial charge in [0.25, 0.3) is 6.43 Å². The van der Waals surface area contributed by atoms with Crippen molar-refractivity contribution in [1.29, 1.82) is 0 Å². The van der Waals surface area contributed by atoms with Crippen LogP contribution in [-0.2, 0) is 10.6 Å². The molecule has 0 aliphatic heterocycles. The molecule has 0 aliphatic carbocycles. The number of hydrogen-bond acceptors (Lipinski definition) is 3. The minimum atomic E-state index is -3.06. The molecule has 0 radical (unpaired) electrons. The number of rotatable bonds is 4. The van der Waals surface area contributed by atoms with Crippen molar-refractivity contribution in [2.75, 3.05) is 6.61 Å². The molecule has 1 aromatic rings. The second kappa shape index (κ2) is 5.86. The summed E-state index contributed by atoms with van der Waals surface area (Å²) in [5.74, 6) is -2.54. The maximum absolute atomic E-state index is 13.7. The average molecular weight is 268 g/mol. The van der Waals surface area contributed by atoms with Gasteiger partial charge >= 0.3 is 5.97 Å². The fourth-order valence-corrected chi connectivity index (χ4v) is 1.38. The number of pyridine rings is 1. The van der Waals surface area contributed by atoms with Crippen molar-refractivity contribution in [3.8, 4) is 0 Å². The number of carbonyl (C=O) groups is 1. The first-order valence-corrected chi connectivity index (χ1v) is 5.24. The van der Waals surface area contributed by atoms with E-state index < -0.39 is 29.5 Å². The van der Waals surface area contributed by atoms with E-state index in [0.29, 0.717) is 0 Å². The highest BCUT2D eigenvalue weighted by Gasteiger charge is 2.27. The first-order chi connectivity index (χ1) is 8.02. The summed E-state index contributed by atoms with van der Waals surface area (Å²) in [6, 6.07) is 0. The second-order valence-electron chi connectivity index (χ2n) is 3.01. The Labute approximate surface area is 101 Å². The third-order valence-electron chi connectivity index (χ3n) is 1.95. The Hall–Kier alpha value is -1.30. The van der Waals surface area contributed by atoms with Gasteiger partial charge in [-0.25, -0.2) is 18.0 Å². The van der Waals surface area contributed by atoms with E-state index in [1.165, 1.54) is 6.92 Å². The molecule has 0 unspecified atom stereocenters. The van der Waals surface area contributed by atoms with E-state index in [2.05, 4.69) is 9.72 Å². The van der Waals surface area contributed by atoms with Crippen LogP contribution in [0.15, 0.2) is 6.20 Å². The predicted molar refractivity (Wildman–Crippen MR) is 54.7 cm³/mol. The SMILES string of the molecule is CCOC(=O)c1c(C(F)F)ncc(CCl)c1F. The molecule has 0 aromatic carbocycles. The van der Waals surface area contributed by atoms with Crippen LogP contribution in [0.3, 0.4) is 0 Å². The van der Waals surface area contributed by atoms with Gasteiger partial charge in [0.2, 0.25) is 0 Å². The Bertz CT molecular complexity index is 426. The van der Waals surface area contributed by atoms with Gasteiger partial charge in [-0.15, -0.1) is 11.6 Å². The fourth-order valence-electron chi connectivity index (χ4n) is 1.20. The lowest BCUT2D eigenvalue weighted by molar-refractivity contribution is 0.0506. The molecule has 0 aliphatic rings. The molecule has 7 heteroatoms. The van der Waals surface area contributed by atoms with Gasteiger partial charge in [-0.1, -0.05) is 0 Å². The lowest BCUT2D eigenvalue weighted by Crippen LogP contribution is -2.14. The number of ether oxygens (including phenoxy) is 1. The highest BCUT2D eigenvalue weighted by Crippen LogP contribution is 2.26. The summed E-state index contributed by atoms with van der Waals surface area (Å²) in [6.07, 6.45) is -2.18. The molecular weight excluding hydrogens is 259 g/mol. The summed E-state index contributed by atoms with van der Waals surface area (Å²) in [5, 5.41) is 0. The van der Waals surface area contributed by atoms with E-state index >= 15 is 0 Å². The van der Waals surface area contributed by atoms with Gasteiger partial charge in [0.05, 0.1) is 12.5 Å². The van der Waals surface area contributed by atoms with Crippen molar-refractivity contribution in [3.63, 3.8) is 0 Å². The van der Waals surface area contributed by atoms with Gasteiger partial charge in [0.1, 0.15) is 17.1 Å². The lowest BCUT2D eigenvalue weighted by Gasteiger charge is -2.10. The smallest absolute Gasteiger partial charge is 0.343 e. The minimum Gasteiger partial charge on any atom is -0.462 e. The normalized spacial score (nSPS) is 10.7. The Morgan fingerprint density at radius 2 is 2.24 bits per heavy atom. The molecule has 0 bridgehead atoms. The van der Waals surface area contributed by atoms with E-state index in [9.17, 15) is 18.0 Å². The number of alkyl halides is 3. The zero-order valence-corrected chi connectivity index (χ0v) is 9.60. The zero-order valence-electron chi connectivity index (χ0n) is 8.84. The quantitative estimate of drug-likeness (QED) is 0.622. The van der Waals surface area contributed by atoms with Crippen molar-refractivity contribution in [2.24, 2.45) is 0 Å². The van der Waals surface area contributed by atoms with Crippen LogP contribution < -0.4 is 0 Å². The van der Waals surface area contributed by atoms with Crippen LogP contribution in [0.2, 0.25) is 0 Å². The maximum atomic E-state index is 13.7. The van der Waals surface area contributed by atoms with Crippen molar-refractivity contribution in [1.82, 2.24) is 4.98 Å². The monoisotopic (exact) mass is 267 g/mol. The number of esters is 1. The van der Waals surface area contributed by atoms with Gasteiger partial charge in [-0.2, -0.15) is 0 Å². The van der Waals surface area contributed by atoms with Gasteiger partial charge in [-0.3, -0.25) is 4.98 Å². The van der Waals surface area contributed by atoms with Crippen molar-refractivity contribution < 1.29 is 22.7 Å². The minimum absolute atomic E-state index is 0.0495. The fraction of sp³-hybridized carbons (Fsp3) is 0.400. The molecule has 0 fully saturated rings. The van der Waals surface area contributed by atoms with Crippen molar-refractivity contribution >= 4 is 17.6 Å². The molecule has 1 heterocycles. The number of carbonyl (C=O) groups excluding carboxylic acids is 1. The molecule has 1 rings (SSSR count). The number of nitrogens with zero attached hydrogens (tertiary/aromatic N) is 1. The first-order valence-electron chi connectivity index (χ1n) is 4.71. The second-order valence-corrected chi connectivity index (χ2v) is 3.28. The largest absolute Gasteiger partial charge is 0.462 e. The van der Waals surface area contributed by atoms with Crippen LogP contribution in [0.1, 0.15) is 35.0 Å². The Morgan fingerprint density at radius 1 is 1.59 bits per heavy atom. The summed E-state index contributed by atoms with van der Waals surface area (Å²) in [5.41, 5.74) is -1.91. The summed E-state index contributed by atoms with van der Waals surface area (Å²) < 4.78 is 43.4. The van der Waals surface area contributed by atoms with E-state index in [1.54, 1.807) is 0 Å². The van der Waals surface area contributed by atoms with Crippen LogP contribution >= 0.6 is 11.6 Å². The molecule has 1 aromatic heterocycles. The summed E-state index contributed by atoms with van der Waals surface area (Å²) in [6.45, 7) is 1.43. The molecule has 94 valence electrons. The third kappa shape index (κ3) is 2.88. The van der Waals surface area contributed by atoms with Crippen LogP contribution in [0.5, 0.6) is 0 Å². The molecule has 0 atom stereocenters. The van der Waals surface area contributed by atoms with E-state index in [-0.39, 0.29) is 18.1 Å². The Balaban J connectivity index is 3.34. The molecule has 0 N–H and O–H groups in total. The molecule has 17 heavy (non-hydrogen) atoms. The van der Waals surface area contributed by atoms with Crippen LogP contribution in [0.25, 0.3) is 0 Å². The molecular formula is C10H9ClF3NO2. The van der Waals surface area contributed by atoms with Crippen molar-refractivity contribution in [2.45, 2.75) is 19.2 Å². The van der Waals surface area contributed by atoms with Gasteiger partial charge in [0, 0.05) is 11.8 Å². The van der Waals surface area contributed by atoms with Gasteiger partial charge in [-0.05, 0) is 6.92 Å². The third-order valence-corrected chi connectivity index (χ3v) is 2.24. The van der Waals surface area contributed by atoms with E-state index in [0.717, 1.165) is 6.20 Å². The highest BCUT2D eigenvalue weighted by molar-refractivity contribution is 6.17. The van der Waals surface area contributed by atoms with E-state index in [4.69, 9.17) is 11.6 Å². The predicted octanol–water partition coefficient (Wildman–Crippen LogP) is 3.07. The maximum Gasteiger partial charge on any atom is 0.343 e. The molecule has 0 spiro atoms. The molecule has 3 nitrogen and oxygen atoms in total. The van der Waals surface area contributed by atoms with Crippen molar-refractivity contribution in [3.05, 3.63) is 28.8 Å². The van der Waals surface area contributed by atoms with Gasteiger partial charge in [0.15, 0.2) is 0 Å². The molecule has 0 saturated carbocycles. The Morgan fingerprint density at radius 3 is 2.71 bits per heavy atom. The number of halogens is 4. The van der Waals surface area contributed by atoms with Crippen LogP contribution in [0, 0.1) is 5.82 Å². The zero-order chi connectivity index (χ0) is 13.0. The Kier molecular flexibility index (Phi) is 4.74. The number of aromatic nitrogens is 1. The molecule has 0 amide bonds.